The predicted molar refractivity (Wildman–Crippen MR) is 129 cm³/mol. The molecule has 0 saturated carbocycles. The summed E-state index contributed by atoms with van der Waals surface area (Å²) in [6.45, 7) is 4.04. The summed E-state index contributed by atoms with van der Waals surface area (Å²) in [7, 11) is 1.73. The molecule has 0 saturated heterocycles. The van der Waals surface area contributed by atoms with E-state index in [1.54, 1.807) is 11.9 Å². The van der Waals surface area contributed by atoms with E-state index >= 15 is 0 Å². The Kier molecular flexibility index (Phi) is 6.11. The summed E-state index contributed by atoms with van der Waals surface area (Å²) in [5, 5.41) is 3.03. The summed E-state index contributed by atoms with van der Waals surface area (Å²) >= 11 is 0. The fourth-order valence-corrected chi connectivity index (χ4v) is 5.20. The molecule has 0 spiro atoms. The minimum Gasteiger partial charge on any atom is -0.369 e. The molecule has 2 atom stereocenters. The van der Waals surface area contributed by atoms with Crippen molar-refractivity contribution in [1.82, 2.24) is 5.32 Å². The summed E-state index contributed by atoms with van der Waals surface area (Å²) in [5.74, 6) is -1.44. The summed E-state index contributed by atoms with van der Waals surface area (Å²) in [6, 6.07) is 14.5. The number of allylic oxidation sites excluding steroid dienone is 2. The van der Waals surface area contributed by atoms with Gasteiger partial charge in [0, 0.05) is 12.6 Å². The lowest BCUT2D eigenvalue weighted by Gasteiger charge is -2.36. The van der Waals surface area contributed by atoms with Crippen LogP contribution in [0.4, 0.5) is 5.69 Å². The second-order valence-corrected chi connectivity index (χ2v) is 9.53. The number of carbonyl (C=O) groups excluding carboxylic acids is 3. The van der Waals surface area contributed by atoms with Crippen LogP contribution in [0.25, 0.3) is 11.1 Å². The normalized spacial score (nSPS) is 19.6. The molecule has 1 aliphatic carbocycles. The summed E-state index contributed by atoms with van der Waals surface area (Å²) in [6.07, 6.45) is 5.22. The van der Waals surface area contributed by atoms with Crippen LogP contribution in [0.15, 0.2) is 60.7 Å². The lowest BCUT2D eigenvalue weighted by Crippen LogP contribution is -2.51. The van der Waals surface area contributed by atoms with Crippen molar-refractivity contribution in [2.75, 3.05) is 11.9 Å². The van der Waals surface area contributed by atoms with Crippen LogP contribution in [0.1, 0.15) is 44.7 Å². The van der Waals surface area contributed by atoms with Gasteiger partial charge < -0.3 is 16.0 Å². The first-order valence-electron chi connectivity index (χ1n) is 11.5. The molecule has 3 N–H and O–H groups in total. The van der Waals surface area contributed by atoms with Gasteiger partial charge >= 0.3 is 0 Å². The number of amides is 3. The predicted octanol–water partition coefficient (Wildman–Crippen LogP) is 3.97. The minimum absolute atomic E-state index is 0.182. The highest BCUT2D eigenvalue weighted by molar-refractivity contribution is 6.06. The maximum absolute atomic E-state index is 13.8. The fourth-order valence-electron chi connectivity index (χ4n) is 5.20. The number of nitrogens with one attached hydrogen (secondary N) is 1. The molecular formula is C27H31N3O3. The van der Waals surface area contributed by atoms with Crippen molar-refractivity contribution in [1.29, 1.82) is 0 Å². The lowest BCUT2D eigenvalue weighted by molar-refractivity contribution is -0.142. The van der Waals surface area contributed by atoms with Gasteiger partial charge in [-0.3, -0.25) is 14.4 Å². The Hall–Kier alpha value is -3.41. The van der Waals surface area contributed by atoms with E-state index in [9.17, 15) is 14.4 Å². The van der Waals surface area contributed by atoms with Gasteiger partial charge in [0.1, 0.15) is 6.04 Å². The molecule has 0 bridgehead atoms. The highest BCUT2D eigenvalue weighted by Crippen LogP contribution is 2.44. The molecule has 2 aromatic carbocycles. The molecule has 2 aliphatic rings. The average molecular weight is 446 g/mol. The average Bonchev–Trinajstić information content (AvgIpc) is 3.28. The first-order chi connectivity index (χ1) is 15.8. The van der Waals surface area contributed by atoms with Crippen LogP contribution in [-0.4, -0.2) is 24.8 Å². The van der Waals surface area contributed by atoms with E-state index in [1.807, 2.05) is 74.5 Å². The van der Waals surface area contributed by atoms with Crippen molar-refractivity contribution >= 4 is 23.4 Å². The summed E-state index contributed by atoms with van der Waals surface area (Å²) in [5.41, 5.74) is 8.27. The molecule has 0 aromatic heterocycles. The highest BCUT2D eigenvalue weighted by atomic mass is 16.2. The Morgan fingerprint density at radius 2 is 1.67 bits per heavy atom. The molecule has 172 valence electrons. The van der Waals surface area contributed by atoms with E-state index in [0.717, 1.165) is 22.4 Å². The molecule has 33 heavy (non-hydrogen) atoms. The number of hydrogen-bond acceptors (Lipinski definition) is 3. The van der Waals surface area contributed by atoms with Crippen molar-refractivity contribution in [3.05, 3.63) is 66.2 Å². The number of hydrogen-bond donors (Lipinski definition) is 2. The van der Waals surface area contributed by atoms with Crippen molar-refractivity contribution in [2.45, 2.75) is 39.2 Å². The van der Waals surface area contributed by atoms with E-state index < -0.39 is 23.3 Å². The van der Waals surface area contributed by atoms with E-state index in [2.05, 4.69) is 5.32 Å². The second kappa shape index (κ2) is 8.85. The van der Waals surface area contributed by atoms with Gasteiger partial charge in [-0.25, -0.2) is 0 Å². The fraction of sp³-hybridized carbons (Fsp3) is 0.370. The van der Waals surface area contributed by atoms with Crippen LogP contribution >= 0.6 is 0 Å². The van der Waals surface area contributed by atoms with Crippen LogP contribution in [0.3, 0.4) is 0 Å². The van der Waals surface area contributed by atoms with Crippen molar-refractivity contribution < 1.29 is 14.4 Å². The smallest absolute Gasteiger partial charge is 0.253 e. The second-order valence-electron chi connectivity index (χ2n) is 9.53. The van der Waals surface area contributed by atoms with Crippen molar-refractivity contribution in [2.24, 2.45) is 23.0 Å². The first kappa shape index (κ1) is 22.8. The number of nitrogens with two attached hydrogens (primary N) is 1. The van der Waals surface area contributed by atoms with Crippen LogP contribution in [0.5, 0.6) is 0 Å². The van der Waals surface area contributed by atoms with E-state index in [4.69, 9.17) is 5.73 Å². The van der Waals surface area contributed by atoms with Gasteiger partial charge in [0.25, 0.3) is 5.91 Å². The molecule has 6 nitrogen and oxygen atoms in total. The molecule has 0 radical (unpaired) electrons. The van der Waals surface area contributed by atoms with Gasteiger partial charge in [0.15, 0.2) is 0 Å². The van der Waals surface area contributed by atoms with Crippen LogP contribution in [-0.2, 0) is 14.4 Å². The minimum atomic E-state index is -0.962. The van der Waals surface area contributed by atoms with Gasteiger partial charge in [-0.2, -0.15) is 0 Å². The molecular weight excluding hydrogens is 414 g/mol. The number of anilines is 1. The third kappa shape index (κ3) is 3.94. The molecule has 2 aromatic rings. The van der Waals surface area contributed by atoms with Gasteiger partial charge in [-0.15, -0.1) is 0 Å². The number of nitrogens with zero attached hydrogens (tertiary/aromatic N) is 1. The Balaban J connectivity index is 1.75. The van der Waals surface area contributed by atoms with Crippen molar-refractivity contribution in [3.63, 3.8) is 0 Å². The molecule has 6 heteroatoms. The Morgan fingerprint density at radius 3 is 2.30 bits per heavy atom. The topological polar surface area (TPSA) is 92.5 Å². The third-order valence-electron chi connectivity index (χ3n) is 7.00. The van der Waals surface area contributed by atoms with E-state index in [1.165, 1.54) is 0 Å². The molecule has 4 rings (SSSR count). The SMILES string of the molecule is CC(C)C[C@@H](C(=O)N[C@@H]1C(=O)N(C)c2ccccc2-c2ccccc21)C1(C(N)=O)CC=CC1. The highest BCUT2D eigenvalue weighted by Gasteiger charge is 2.49. The van der Waals surface area contributed by atoms with Gasteiger partial charge in [0.2, 0.25) is 11.8 Å². The Morgan fingerprint density at radius 1 is 1.06 bits per heavy atom. The number of benzene rings is 2. The molecule has 3 amide bonds. The largest absolute Gasteiger partial charge is 0.369 e. The number of primary amides is 1. The van der Waals surface area contributed by atoms with Gasteiger partial charge in [-0.1, -0.05) is 68.5 Å². The first-order valence-corrected chi connectivity index (χ1v) is 11.5. The quantitative estimate of drug-likeness (QED) is 0.659. The number of fused-ring (bicyclic) bond motifs is 3. The molecule has 0 unspecified atom stereocenters. The van der Waals surface area contributed by atoms with E-state index in [-0.39, 0.29) is 17.7 Å². The van der Waals surface area contributed by atoms with Gasteiger partial charge in [-0.05, 0) is 42.4 Å². The summed E-state index contributed by atoms with van der Waals surface area (Å²) in [4.78, 5) is 41.6. The number of likely N-dealkylation sites (N-methyl/N-ethyl adjacent to an activating group) is 1. The number of carbonyl (C=O) groups is 3. The zero-order valence-electron chi connectivity index (χ0n) is 19.4. The van der Waals surface area contributed by atoms with Crippen LogP contribution < -0.4 is 16.0 Å². The Bertz CT molecular complexity index is 1110. The summed E-state index contributed by atoms with van der Waals surface area (Å²) < 4.78 is 0. The van der Waals surface area contributed by atoms with Crippen molar-refractivity contribution in [3.8, 4) is 11.1 Å². The standard InChI is InChI=1S/C27H31N3O3/c1-17(2)16-21(27(26(28)33)14-8-9-15-27)24(31)29-23-20-12-5-4-10-18(20)19-11-6-7-13-22(19)30(3)25(23)32/h4-13,17,21,23H,14-16H2,1-3H3,(H2,28,33)(H,29,31)/t21-,23-/m0/s1. The molecule has 1 aliphatic heterocycles. The maximum atomic E-state index is 13.8. The maximum Gasteiger partial charge on any atom is 0.253 e. The third-order valence-corrected chi connectivity index (χ3v) is 7.00. The monoisotopic (exact) mass is 445 g/mol. The number of para-hydroxylation sites is 1. The number of rotatable bonds is 6. The van der Waals surface area contributed by atoms with Crippen LogP contribution in [0, 0.1) is 17.3 Å². The zero-order valence-corrected chi connectivity index (χ0v) is 19.4. The van der Waals surface area contributed by atoms with Gasteiger partial charge in [0.05, 0.1) is 17.0 Å². The van der Waals surface area contributed by atoms with Crippen LogP contribution in [0.2, 0.25) is 0 Å². The lowest BCUT2D eigenvalue weighted by atomic mass is 9.69. The molecule has 0 fully saturated rings. The zero-order chi connectivity index (χ0) is 23.8. The molecule has 1 heterocycles. The van der Waals surface area contributed by atoms with E-state index in [0.29, 0.717) is 19.3 Å². The Labute approximate surface area is 194 Å².